The lowest BCUT2D eigenvalue weighted by Gasteiger charge is -2.38. The van der Waals surface area contributed by atoms with Gasteiger partial charge in [-0.05, 0) is 36.6 Å². The number of carbonyl (C=O) groups excluding carboxylic acids is 1. The van der Waals surface area contributed by atoms with Gasteiger partial charge in [-0.2, -0.15) is 0 Å². The first-order chi connectivity index (χ1) is 14.2. The molecule has 29 heavy (non-hydrogen) atoms. The van der Waals surface area contributed by atoms with E-state index in [2.05, 4.69) is 48.0 Å². The Hall–Kier alpha value is -3.14. The lowest BCUT2D eigenvalue weighted by atomic mass is 9.94. The summed E-state index contributed by atoms with van der Waals surface area (Å²) in [4.78, 5) is 22.3. The van der Waals surface area contributed by atoms with Crippen LogP contribution < -0.4 is 9.80 Å². The predicted octanol–water partition coefficient (Wildman–Crippen LogP) is 4.94. The summed E-state index contributed by atoms with van der Waals surface area (Å²) in [6.45, 7) is 6.42. The van der Waals surface area contributed by atoms with E-state index in [1.807, 2.05) is 53.6 Å². The van der Waals surface area contributed by atoms with Gasteiger partial charge in [0.1, 0.15) is 0 Å². The molecule has 4 rings (SSSR count). The molecule has 0 bridgehead atoms. The standard InChI is InChI=1S/C25H27N3O/c1-3-22(21-8-5-4-6-9-21)25(29)28-17-16-27(24-23(28)10-7-15-26-24)18-20-13-11-19(2)12-14-20/h4-15,22H,3,16-18H2,1-2H3/t22-/m0/s1. The van der Waals surface area contributed by atoms with E-state index in [1.54, 1.807) is 0 Å². The van der Waals surface area contributed by atoms with Gasteiger partial charge in [-0.25, -0.2) is 4.98 Å². The van der Waals surface area contributed by atoms with Gasteiger partial charge in [-0.1, -0.05) is 67.1 Å². The molecule has 0 spiro atoms. The number of aryl methyl sites for hydroxylation is 1. The molecule has 148 valence electrons. The maximum Gasteiger partial charge on any atom is 0.234 e. The average molecular weight is 386 g/mol. The van der Waals surface area contributed by atoms with Gasteiger partial charge in [0, 0.05) is 25.8 Å². The minimum absolute atomic E-state index is 0.132. The monoisotopic (exact) mass is 385 g/mol. The summed E-state index contributed by atoms with van der Waals surface area (Å²) in [6.07, 6.45) is 2.59. The molecule has 1 atom stereocenters. The molecule has 0 radical (unpaired) electrons. The van der Waals surface area contributed by atoms with Crippen molar-refractivity contribution < 1.29 is 4.79 Å². The lowest BCUT2D eigenvalue weighted by molar-refractivity contribution is -0.120. The Balaban J connectivity index is 1.61. The van der Waals surface area contributed by atoms with E-state index in [0.717, 1.165) is 36.6 Å². The van der Waals surface area contributed by atoms with Crippen molar-refractivity contribution in [3.05, 3.63) is 89.6 Å². The van der Waals surface area contributed by atoms with E-state index in [1.165, 1.54) is 11.1 Å². The highest BCUT2D eigenvalue weighted by Crippen LogP contribution is 2.34. The van der Waals surface area contributed by atoms with Crippen LogP contribution in [0.5, 0.6) is 0 Å². The number of hydrogen-bond acceptors (Lipinski definition) is 3. The number of fused-ring (bicyclic) bond motifs is 1. The van der Waals surface area contributed by atoms with Crippen molar-refractivity contribution in [3.63, 3.8) is 0 Å². The van der Waals surface area contributed by atoms with E-state index >= 15 is 0 Å². The summed E-state index contributed by atoms with van der Waals surface area (Å²) in [5, 5.41) is 0. The molecule has 4 nitrogen and oxygen atoms in total. The Morgan fingerprint density at radius 1 is 1.00 bits per heavy atom. The van der Waals surface area contributed by atoms with Crippen LogP contribution in [0.15, 0.2) is 72.9 Å². The minimum atomic E-state index is -0.132. The van der Waals surface area contributed by atoms with Crippen molar-refractivity contribution in [1.82, 2.24) is 4.98 Å². The van der Waals surface area contributed by atoms with E-state index < -0.39 is 0 Å². The maximum atomic E-state index is 13.5. The van der Waals surface area contributed by atoms with Crippen LogP contribution in [-0.4, -0.2) is 24.0 Å². The summed E-state index contributed by atoms with van der Waals surface area (Å²) in [7, 11) is 0. The molecule has 4 heteroatoms. The summed E-state index contributed by atoms with van der Waals surface area (Å²) in [5.74, 6) is 0.909. The Labute approximate surface area is 172 Å². The van der Waals surface area contributed by atoms with Gasteiger partial charge in [-0.15, -0.1) is 0 Å². The highest BCUT2D eigenvalue weighted by atomic mass is 16.2. The van der Waals surface area contributed by atoms with Crippen LogP contribution in [0.25, 0.3) is 0 Å². The van der Waals surface area contributed by atoms with Gasteiger partial charge in [0.2, 0.25) is 5.91 Å². The molecule has 0 unspecified atom stereocenters. The number of anilines is 2. The van der Waals surface area contributed by atoms with Crippen molar-refractivity contribution in [2.24, 2.45) is 0 Å². The van der Waals surface area contributed by atoms with Crippen LogP contribution in [0.4, 0.5) is 11.5 Å². The zero-order chi connectivity index (χ0) is 20.2. The largest absolute Gasteiger partial charge is 0.349 e. The van der Waals surface area contributed by atoms with Crippen molar-refractivity contribution in [2.75, 3.05) is 22.9 Å². The Morgan fingerprint density at radius 3 is 2.48 bits per heavy atom. The van der Waals surface area contributed by atoms with Crippen LogP contribution in [0.1, 0.15) is 36.0 Å². The molecule has 1 aromatic heterocycles. The smallest absolute Gasteiger partial charge is 0.234 e. The quantitative estimate of drug-likeness (QED) is 0.624. The van der Waals surface area contributed by atoms with Crippen LogP contribution in [-0.2, 0) is 11.3 Å². The van der Waals surface area contributed by atoms with Crippen molar-refractivity contribution in [2.45, 2.75) is 32.7 Å². The predicted molar refractivity (Wildman–Crippen MR) is 118 cm³/mol. The zero-order valence-electron chi connectivity index (χ0n) is 17.1. The molecule has 0 fully saturated rings. The highest BCUT2D eigenvalue weighted by Gasteiger charge is 2.31. The van der Waals surface area contributed by atoms with Crippen LogP contribution in [0, 0.1) is 6.92 Å². The second-order valence-electron chi connectivity index (χ2n) is 7.61. The first kappa shape index (κ1) is 19.2. The van der Waals surface area contributed by atoms with Crippen molar-refractivity contribution >= 4 is 17.4 Å². The van der Waals surface area contributed by atoms with Crippen LogP contribution in [0.3, 0.4) is 0 Å². The summed E-state index contributed by atoms with van der Waals surface area (Å²) >= 11 is 0. The number of nitrogens with zero attached hydrogens (tertiary/aromatic N) is 3. The number of benzene rings is 2. The highest BCUT2D eigenvalue weighted by molar-refractivity contribution is 6.01. The van der Waals surface area contributed by atoms with Gasteiger partial charge in [0.05, 0.1) is 11.6 Å². The van der Waals surface area contributed by atoms with Crippen molar-refractivity contribution in [3.8, 4) is 0 Å². The average Bonchev–Trinajstić information content (AvgIpc) is 2.77. The number of aromatic nitrogens is 1. The normalized spacial score (nSPS) is 14.4. The molecule has 0 saturated carbocycles. The second kappa shape index (κ2) is 8.48. The molecule has 0 aliphatic carbocycles. The molecule has 2 aromatic carbocycles. The third-order valence-electron chi connectivity index (χ3n) is 5.62. The molecule has 1 amide bonds. The SMILES string of the molecule is CC[C@H](C(=O)N1CCN(Cc2ccc(C)cc2)c2ncccc21)c1ccccc1. The summed E-state index contributed by atoms with van der Waals surface area (Å²) < 4.78 is 0. The Bertz CT molecular complexity index is 969. The van der Waals surface area contributed by atoms with Gasteiger partial charge >= 0.3 is 0 Å². The number of rotatable bonds is 5. The molecule has 1 aliphatic rings. The molecule has 0 saturated heterocycles. The first-order valence-electron chi connectivity index (χ1n) is 10.3. The summed E-state index contributed by atoms with van der Waals surface area (Å²) in [6, 6.07) is 22.6. The number of amides is 1. The van der Waals surface area contributed by atoms with Gasteiger partial charge < -0.3 is 9.80 Å². The Kier molecular flexibility index (Phi) is 5.61. The van der Waals surface area contributed by atoms with Gasteiger partial charge in [0.15, 0.2) is 5.82 Å². The Morgan fingerprint density at radius 2 is 1.76 bits per heavy atom. The van der Waals surface area contributed by atoms with E-state index in [-0.39, 0.29) is 11.8 Å². The summed E-state index contributed by atoms with van der Waals surface area (Å²) in [5.41, 5.74) is 4.50. The van der Waals surface area contributed by atoms with Gasteiger partial charge in [-0.3, -0.25) is 4.79 Å². The fraction of sp³-hybridized carbons (Fsp3) is 0.280. The minimum Gasteiger partial charge on any atom is -0.349 e. The number of pyridine rings is 1. The number of carbonyl (C=O) groups is 1. The van der Waals surface area contributed by atoms with E-state index in [0.29, 0.717) is 6.54 Å². The molecule has 1 aliphatic heterocycles. The first-order valence-corrected chi connectivity index (χ1v) is 10.3. The topological polar surface area (TPSA) is 36.4 Å². The van der Waals surface area contributed by atoms with Crippen LogP contribution in [0.2, 0.25) is 0 Å². The number of hydrogen-bond donors (Lipinski definition) is 0. The molecule has 0 N–H and O–H groups in total. The van der Waals surface area contributed by atoms with Gasteiger partial charge in [0.25, 0.3) is 0 Å². The fourth-order valence-corrected chi connectivity index (χ4v) is 4.01. The maximum absolute atomic E-state index is 13.5. The van der Waals surface area contributed by atoms with E-state index in [9.17, 15) is 4.79 Å². The fourth-order valence-electron chi connectivity index (χ4n) is 4.01. The molecular formula is C25H27N3O. The second-order valence-corrected chi connectivity index (χ2v) is 7.61. The molecular weight excluding hydrogens is 358 g/mol. The lowest BCUT2D eigenvalue weighted by Crippen LogP contribution is -2.46. The molecule has 3 aromatic rings. The zero-order valence-corrected chi connectivity index (χ0v) is 17.1. The third kappa shape index (κ3) is 4.02. The van der Waals surface area contributed by atoms with E-state index in [4.69, 9.17) is 0 Å². The third-order valence-corrected chi connectivity index (χ3v) is 5.62. The molecule has 2 heterocycles. The van der Waals surface area contributed by atoms with Crippen molar-refractivity contribution in [1.29, 1.82) is 0 Å². The van der Waals surface area contributed by atoms with Crippen LogP contribution >= 0.6 is 0 Å².